The van der Waals surface area contributed by atoms with Crippen LogP contribution in [0.1, 0.15) is 49.3 Å². The van der Waals surface area contributed by atoms with Crippen LogP contribution < -0.4 is 0 Å². The van der Waals surface area contributed by atoms with Crippen molar-refractivity contribution < 1.29 is 0 Å². The summed E-state index contributed by atoms with van der Waals surface area (Å²) in [4.78, 5) is 9.60. The van der Waals surface area contributed by atoms with Crippen LogP contribution in [0.25, 0.3) is 33.3 Å². The molecule has 0 fully saturated rings. The molecule has 2 nitrogen and oxygen atoms in total. The maximum atomic E-state index is 4.92. The van der Waals surface area contributed by atoms with Gasteiger partial charge >= 0.3 is 0 Å². The molecule has 2 heterocycles. The molecule has 174 valence electrons. The largest absolute Gasteiger partial charge is 0.256 e. The smallest absolute Gasteiger partial charge is 0.0780 e. The summed E-state index contributed by atoms with van der Waals surface area (Å²) < 4.78 is 0. The minimum Gasteiger partial charge on any atom is -0.256 e. The van der Waals surface area contributed by atoms with E-state index in [-0.39, 0.29) is 0 Å². The van der Waals surface area contributed by atoms with E-state index in [1.807, 2.05) is 12.3 Å². The Bertz CT molecular complexity index is 1390. The van der Waals surface area contributed by atoms with Crippen LogP contribution in [0, 0.1) is 0 Å². The number of rotatable bonds is 8. The van der Waals surface area contributed by atoms with E-state index in [1.54, 1.807) is 0 Å². The number of hydrogen-bond donors (Lipinski definition) is 0. The molecule has 0 aliphatic heterocycles. The third kappa shape index (κ3) is 5.33. The molecule has 0 aliphatic carbocycles. The molecule has 5 aromatic rings. The number of unbranched alkanes of at least 4 members (excludes halogenated alkanes) is 1. The van der Waals surface area contributed by atoms with Crippen molar-refractivity contribution in [3.8, 4) is 22.5 Å². The predicted octanol–water partition coefficient (Wildman–Crippen LogP) is 8.65. The van der Waals surface area contributed by atoms with Crippen LogP contribution in [0.3, 0.4) is 0 Å². The zero-order chi connectivity index (χ0) is 24.0. The van der Waals surface area contributed by atoms with Crippen molar-refractivity contribution in [1.82, 2.24) is 9.97 Å². The molecule has 2 aromatic heterocycles. The Labute approximate surface area is 208 Å². The molecule has 0 N–H and O–H groups in total. The Morgan fingerprint density at radius 3 is 2.03 bits per heavy atom. The minimum absolute atomic E-state index is 0.506. The first-order valence-electron chi connectivity index (χ1n) is 12.7. The topological polar surface area (TPSA) is 25.8 Å². The molecular weight excluding hydrogens is 424 g/mol. The normalized spacial score (nSPS) is 11.3. The van der Waals surface area contributed by atoms with Gasteiger partial charge in [-0.05, 0) is 59.7 Å². The van der Waals surface area contributed by atoms with Crippen LogP contribution in [0.2, 0.25) is 0 Å². The van der Waals surface area contributed by atoms with Crippen LogP contribution in [0.15, 0.2) is 103 Å². The summed E-state index contributed by atoms with van der Waals surface area (Å²) in [7, 11) is 0. The van der Waals surface area contributed by atoms with E-state index in [1.165, 1.54) is 33.0 Å². The van der Waals surface area contributed by atoms with Crippen LogP contribution in [-0.2, 0) is 12.8 Å². The van der Waals surface area contributed by atoms with Crippen molar-refractivity contribution in [3.63, 3.8) is 0 Å². The highest BCUT2D eigenvalue weighted by atomic mass is 14.7. The highest BCUT2D eigenvalue weighted by molar-refractivity contribution is 5.96. The Morgan fingerprint density at radius 1 is 0.629 bits per heavy atom. The van der Waals surface area contributed by atoms with Gasteiger partial charge in [0, 0.05) is 28.9 Å². The molecule has 0 saturated heterocycles. The van der Waals surface area contributed by atoms with Crippen molar-refractivity contribution in [2.75, 3.05) is 0 Å². The molecule has 0 spiro atoms. The number of fused-ring (bicyclic) bond motifs is 1. The Morgan fingerprint density at radius 2 is 1.34 bits per heavy atom. The van der Waals surface area contributed by atoms with Gasteiger partial charge in [-0.25, -0.2) is 0 Å². The molecule has 0 aliphatic rings. The molecule has 0 unspecified atom stereocenters. The van der Waals surface area contributed by atoms with Gasteiger partial charge in [0.25, 0.3) is 0 Å². The third-order valence-electron chi connectivity index (χ3n) is 6.76. The molecule has 0 atom stereocenters. The van der Waals surface area contributed by atoms with Gasteiger partial charge in [0.1, 0.15) is 0 Å². The summed E-state index contributed by atoms with van der Waals surface area (Å²) in [5.74, 6) is 0.506. The maximum absolute atomic E-state index is 4.92. The number of aryl methyl sites for hydroxylation is 2. The summed E-state index contributed by atoms with van der Waals surface area (Å²) in [5.41, 5.74) is 8.48. The highest BCUT2D eigenvalue weighted by Gasteiger charge is 2.11. The van der Waals surface area contributed by atoms with E-state index in [4.69, 9.17) is 4.98 Å². The van der Waals surface area contributed by atoms with Gasteiger partial charge < -0.3 is 0 Å². The van der Waals surface area contributed by atoms with E-state index in [2.05, 4.69) is 110 Å². The van der Waals surface area contributed by atoms with Crippen LogP contribution in [0.4, 0.5) is 0 Å². The van der Waals surface area contributed by atoms with Crippen molar-refractivity contribution >= 4 is 10.8 Å². The lowest BCUT2D eigenvalue weighted by atomic mass is 9.93. The summed E-state index contributed by atoms with van der Waals surface area (Å²) in [6.45, 7) is 4.52. The number of aromatic nitrogens is 2. The lowest BCUT2D eigenvalue weighted by molar-refractivity contribution is 0.734. The lowest BCUT2D eigenvalue weighted by Gasteiger charge is -2.14. The molecule has 0 amide bonds. The number of pyridine rings is 2. The van der Waals surface area contributed by atoms with Gasteiger partial charge in [-0.15, -0.1) is 0 Å². The fourth-order valence-corrected chi connectivity index (χ4v) is 4.70. The zero-order valence-electron chi connectivity index (χ0n) is 20.6. The van der Waals surface area contributed by atoms with Crippen LogP contribution >= 0.6 is 0 Å². The quantitative estimate of drug-likeness (QED) is 0.218. The van der Waals surface area contributed by atoms with Gasteiger partial charge in [-0.1, -0.05) is 98.8 Å². The van der Waals surface area contributed by atoms with E-state index < -0.39 is 0 Å². The fraction of sp³-hybridized carbons (Fsp3) is 0.212. The second kappa shape index (κ2) is 10.7. The molecule has 3 aromatic carbocycles. The van der Waals surface area contributed by atoms with E-state index in [0.29, 0.717) is 5.92 Å². The first-order chi connectivity index (χ1) is 17.2. The Hall–Kier alpha value is -3.78. The summed E-state index contributed by atoms with van der Waals surface area (Å²) in [5, 5.41) is 2.60. The maximum Gasteiger partial charge on any atom is 0.0780 e. The molecule has 0 saturated carbocycles. The number of benzene rings is 3. The van der Waals surface area contributed by atoms with Gasteiger partial charge in [0.2, 0.25) is 0 Å². The minimum atomic E-state index is 0.506. The Balaban J connectivity index is 1.30. The average molecular weight is 457 g/mol. The highest BCUT2D eigenvalue weighted by Crippen LogP contribution is 2.32. The van der Waals surface area contributed by atoms with E-state index >= 15 is 0 Å². The van der Waals surface area contributed by atoms with Crippen LogP contribution in [0.5, 0.6) is 0 Å². The van der Waals surface area contributed by atoms with Crippen LogP contribution in [-0.4, -0.2) is 9.97 Å². The van der Waals surface area contributed by atoms with Gasteiger partial charge in [-0.2, -0.15) is 0 Å². The lowest BCUT2D eigenvalue weighted by Crippen LogP contribution is -1.97. The van der Waals surface area contributed by atoms with Crippen molar-refractivity contribution in [1.29, 1.82) is 0 Å². The van der Waals surface area contributed by atoms with Gasteiger partial charge in [0.15, 0.2) is 0 Å². The van der Waals surface area contributed by atoms with Crippen molar-refractivity contribution in [2.24, 2.45) is 0 Å². The van der Waals surface area contributed by atoms with E-state index in [0.717, 1.165) is 42.6 Å². The van der Waals surface area contributed by atoms with E-state index in [9.17, 15) is 0 Å². The average Bonchev–Trinajstić information content (AvgIpc) is 2.92. The summed E-state index contributed by atoms with van der Waals surface area (Å²) in [6, 6.07) is 32.1. The summed E-state index contributed by atoms with van der Waals surface area (Å²) in [6.07, 6.45) is 8.49. The second-order valence-corrected chi connectivity index (χ2v) is 9.58. The molecule has 0 radical (unpaired) electrons. The SMILES string of the molecule is CC(C)c1ccc2c(-c3ccccc3)ncc(CCCCc3ccc(-c4ccccc4)nc3)c2c1. The number of nitrogens with zero attached hydrogens (tertiary/aromatic N) is 2. The summed E-state index contributed by atoms with van der Waals surface area (Å²) >= 11 is 0. The first kappa shape index (κ1) is 23.0. The molecule has 35 heavy (non-hydrogen) atoms. The monoisotopic (exact) mass is 456 g/mol. The van der Waals surface area contributed by atoms with Gasteiger partial charge in [-0.3, -0.25) is 9.97 Å². The fourth-order valence-electron chi connectivity index (χ4n) is 4.70. The number of hydrogen-bond acceptors (Lipinski definition) is 2. The molecule has 2 heteroatoms. The standard InChI is InChI=1S/C33H32N2/c1-24(2)28-18-19-30-31(21-28)29(23-35-33(30)27-14-7-4-8-15-27)16-10-9-11-25-17-20-32(34-22-25)26-12-5-3-6-13-26/h3-8,12-15,17-24H,9-11,16H2,1-2H3. The van der Waals surface area contributed by atoms with Crippen molar-refractivity contribution in [3.05, 3.63) is 120 Å². The van der Waals surface area contributed by atoms with Gasteiger partial charge in [0.05, 0.1) is 11.4 Å². The Kier molecular flexibility index (Phi) is 6.99. The van der Waals surface area contributed by atoms with Crippen molar-refractivity contribution in [2.45, 2.75) is 45.4 Å². The predicted molar refractivity (Wildman–Crippen MR) is 148 cm³/mol. The third-order valence-corrected chi connectivity index (χ3v) is 6.76. The molecule has 0 bridgehead atoms. The molecule has 5 rings (SSSR count). The second-order valence-electron chi connectivity index (χ2n) is 9.58. The molecular formula is C33H32N2. The zero-order valence-corrected chi connectivity index (χ0v) is 20.6. The first-order valence-corrected chi connectivity index (χ1v) is 12.7.